The second kappa shape index (κ2) is 9.11. The molecule has 0 bridgehead atoms. The fraction of sp³-hybridized carbons (Fsp3) is 0.520. The van der Waals surface area contributed by atoms with Gasteiger partial charge in [-0.2, -0.15) is 0 Å². The molecule has 0 amide bonds. The van der Waals surface area contributed by atoms with Gasteiger partial charge in [0.05, 0.1) is 5.60 Å². The summed E-state index contributed by atoms with van der Waals surface area (Å²) in [5, 5.41) is 3.68. The van der Waals surface area contributed by atoms with E-state index in [9.17, 15) is 0 Å². The van der Waals surface area contributed by atoms with Crippen molar-refractivity contribution in [2.45, 2.75) is 51.7 Å². The first-order valence-corrected chi connectivity index (χ1v) is 10.5. The molecule has 1 atom stereocenters. The third-order valence-electron chi connectivity index (χ3n) is 5.96. The summed E-state index contributed by atoms with van der Waals surface area (Å²) in [6.07, 6.45) is 4.59. The third-order valence-corrected chi connectivity index (χ3v) is 5.96. The Balaban J connectivity index is 1.58. The molecule has 0 spiro atoms. The Labute approximate surface area is 171 Å². The highest BCUT2D eigenvalue weighted by atomic mass is 16.5. The summed E-state index contributed by atoms with van der Waals surface area (Å²) in [4.78, 5) is 2.14. The molecule has 1 N–H and O–H groups in total. The monoisotopic (exact) mass is 380 g/mol. The summed E-state index contributed by atoms with van der Waals surface area (Å²) in [7, 11) is 4.16. The van der Waals surface area contributed by atoms with Gasteiger partial charge in [-0.15, -0.1) is 0 Å². The van der Waals surface area contributed by atoms with Crippen LogP contribution in [0.5, 0.6) is 0 Å². The van der Waals surface area contributed by atoms with Crippen molar-refractivity contribution in [3.63, 3.8) is 0 Å². The zero-order valence-corrected chi connectivity index (χ0v) is 18.0. The van der Waals surface area contributed by atoms with Gasteiger partial charge >= 0.3 is 0 Å². The lowest BCUT2D eigenvalue weighted by atomic mass is 9.68. The van der Waals surface area contributed by atoms with Crippen LogP contribution in [0.1, 0.15) is 44.2 Å². The zero-order valence-electron chi connectivity index (χ0n) is 18.0. The number of hydrogen-bond donors (Lipinski definition) is 1. The largest absolute Gasteiger partial charge is 0.378 e. The molecule has 2 aromatic carbocycles. The second-order valence-electron chi connectivity index (χ2n) is 9.18. The molecule has 0 aliphatic carbocycles. The standard InChI is InChI=1S/C25H36N2O/c1-24(2)20-25(15-17-28-24,18-21-8-6-5-7-9-21)14-16-26-19-22-10-12-23(13-11-22)27(3)4/h5-13,26H,14-20H2,1-4H3. The van der Waals surface area contributed by atoms with E-state index in [1.807, 2.05) is 0 Å². The number of rotatable bonds is 8. The summed E-state index contributed by atoms with van der Waals surface area (Å²) in [5.74, 6) is 0. The summed E-state index contributed by atoms with van der Waals surface area (Å²) in [6.45, 7) is 7.32. The van der Waals surface area contributed by atoms with Gasteiger partial charge in [0.2, 0.25) is 0 Å². The molecular formula is C25H36N2O. The van der Waals surface area contributed by atoms with Crippen molar-refractivity contribution >= 4 is 5.69 Å². The summed E-state index contributed by atoms with van der Waals surface area (Å²) in [6, 6.07) is 19.8. The predicted molar refractivity (Wildman–Crippen MR) is 119 cm³/mol. The quantitative estimate of drug-likeness (QED) is 0.649. The lowest BCUT2D eigenvalue weighted by Gasteiger charge is -2.45. The van der Waals surface area contributed by atoms with Crippen LogP contribution in [0.25, 0.3) is 0 Å². The molecular weight excluding hydrogens is 344 g/mol. The van der Waals surface area contributed by atoms with Gasteiger partial charge in [0.1, 0.15) is 0 Å². The lowest BCUT2D eigenvalue weighted by Crippen LogP contribution is -2.43. The molecule has 1 fully saturated rings. The number of ether oxygens (including phenoxy) is 1. The van der Waals surface area contributed by atoms with Crippen LogP contribution < -0.4 is 10.2 Å². The highest BCUT2D eigenvalue weighted by Gasteiger charge is 2.40. The Bertz CT molecular complexity index is 724. The van der Waals surface area contributed by atoms with E-state index in [0.717, 1.165) is 39.0 Å². The van der Waals surface area contributed by atoms with Crippen LogP contribution in [-0.2, 0) is 17.7 Å². The van der Waals surface area contributed by atoms with Crippen LogP contribution in [-0.4, -0.2) is 32.8 Å². The van der Waals surface area contributed by atoms with E-state index in [1.54, 1.807) is 0 Å². The number of hydrogen-bond acceptors (Lipinski definition) is 3. The molecule has 0 aromatic heterocycles. The van der Waals surface area contributed by atoms with Crippen LogP contribution in [0.4, 0.5) is 5.69 Å². The van der Waals surface area contributed by atoms with Gasteiger partial charge in [0.25, 0.3) is 0 Å². The summed E-state index contributed by atoms with van der Waals surface area (Å²) in [5.41, 5.74) is 4.31. The van der Waals surface area contributed by atoms with E-state index in [4.69, 9.17) is 4.74 Å². The van der Waals surface area contributed by atoms with Crippen molar-refractivity contribution in [2.75, 3.05) is 32.1 Å². The lowest BCUT2D eigenvalue weighted by molar-refractivity contribution is -0.107. The van der Waals surface area contributed by atoms with E-state index in [0.29, 0.717) is 5.41 Å². The fourth-order valence-electron chi connectivity index (χ4n) is 4.57. The van der Waals surface area contributed by atoms with Gasteiger partial charge in [-0.05, 0) is 74.8 Å². The fourth-order valence-corrected chi connectivity index (χ4v) is 4.57. The van der Waals surface area contributed by atoms with E-state index in [-0.39, 0.29) is 5.60 Å². The minimum atomic E-state index is -0.0327. The maximum absolute atomic E-state index is 6.04. The molecule has 1 saturated heterocycles. The molecule has 3 heteroatoms. The van der Waals surface area contributed by atoms with E-state index in [1.165, 1.54) is 23.2 Å². The molecule has 0 saturated carbocycles. The van der Waals surface area contributed by atoms with Gasteiger partial charge in [0, 0.05) is 32.9 Å². The third kappa shape index (κ3) is 5.83. The van der Waals surface area contributed by atoms with E-state index < -0.39 is 0 Å². The van der Waals surface area contributed by atoms with Gasteiger partial charge in [-0.25, -0.2) is 0 Å². The highest BCUT2D eigenvalue weighted by molar-refractivity contribution is 5.45. The molecule has 1 heterocycles. The Morgan fingerprint density at radius 3 is 2.32 bits per heavy atom. The summed E-state index contributed by atoms with van der Waals surface area (Å²) >= 11 is 0. The van der Waals surface area contributed by atoms with Crippen molar-refractivity contribution in [3.8, 4) is 0 Å². The van der Waals surface area contributed by atoms with Gasteiger partial charge in [0.15, 0.2) is 0 Å². The first-order chi connectivity index (χ1) is 13.4. The molecule has 2 aromatic rings. The molecule has 3 nitrogen and oxygen atoms in total. The predicted octanol–water partition coefficient (Wildman–Crippen LogP) is 5.05. The zero-order chi connectivity index (χ0) is 20.0. The summed E-state index contributed by atoms with van der Waals surface area (Å²) < 4.78 is 6.04. The molecule has 1 aliphatic heterocycles. The van der Waals surface area contributed by atoms with Crippen molar-refractivity contribution in [3.05, 3.63) is 65.7 Å². The maximum Gasteiger partial charge on any atom is 0.0631 e. The van der Waals surface area contributed by atoms with Crippen LogP contribution in [0.3, 0.4) is 0 Å². The van der Waals surface area contributed by atoms with E-state index >= 15 is 0 Å². The van der Waals surface area contributed by atoms with Gasteiger partial charge < -0.3 is 15.0 Å². The second-order valence-corrected chi connectivity index (χ2v) is 9.18. The molecule has 152 valence electrons. The van der Waals surface area contributed by atoms with E-state index in [2.05, 4.69) is 92.8 Å². The number of nitrogens with one attached hydrogen (secondary N) is 1. The molecule has 1 unspecified atom stereocenters. The van der Waals surface area contributed by atoms with Gasteiger partial charge in [-0.1, -0.05) is 42.5 Å². The normalized spacial score (nSPS) is 21.4. The molecule has 3 rings (SSSR count). The Kier molecular flexibility index (Phi) is 6.79. The Morgan fingerprint density at radius 2 is 1.68 bits per heavy atom. The minimum absolute atomic E-state index is 0.0327. The Hall–Kier alpha value is -1.84. The van der Waals surface area contributed by atoms with Crippen LogP contribution in [0, 0.1) is 5.41 Å². The Morgan fingerprint density at radius 1 is 0.964 bits per heavy atom. The first-order valence-electron chi connectivity index (χ1n) is 10.5. The van der Waals surface area contributed by atoms with Crippen molar-refractivity contribution in [2.24, 2.45) is 5.41 Å². The topological polar surface area (TPSA) is 24.5 Å². The number of nitrogens with zero attached hydrogens (tertiary/aromatic N) is 1. The highest BCUT2D eigenvalue weighted by Crippen LogP contribution is 2.43. The van der Waals surface area contributed by atoms with Crippen LogP contribution in [0.2, 0.25) is 0 Å². The average Bonchev–Trinajstić information content (AvgIpc) is 2.66. The van der Waals surface area contributed by atoms with Gasteiger partial charge in [-0.3, -0.25) is 0 Å². The smallest absolute Gasteiger partial charge is 0.0631 e. The van der Waals surface area contributed by atoms with Crippen molar-refractivity contribution in [1.29, 1.82) is 0 Å². The number of benzene rings is 2. The van der Waals surface area contributed by atoms with Crippen molar-refractivity contribution in [1.82, 2.24) is 5.32 Å². The minimum Gasteiger partial charge on any atom is -0.378 e. The van der Waals surface area contributed by atoms with Crippen LogP contribution in [0.15, 0.2) is 54.6 Å². The van der Waals surface area contributed by atoms with Crippen molar-refractivity contribution < 1.29 is 4.74 Å². The first kappa shape index (κ1) is 20.9. The maximum atomic E-state index is 6.04. The molecule has 0 radical (unpaired) electrons. The molecule has 28 heavy (non-hydrogen) atoms. The average molecular weight is 381 g/mol. The molecule has 1 aliphatic rings. The van der Waals surface area contributed by atoms with Crippen LogP contribution >= 0.6 is 0 Å². The number of anilines is 1. The SMILES string of the molecule is CN(C)c1ccc(CNCCC2(Cc3ccccc3)CCOC(C)(C)C2)cc1.